The molecule has 2 heterocycles. The summed E-state index contributed by atoms with van der Waals surface area (Å²) in [4.78, 5) is 30.7. The van der Waals surface area contributed by atoms with E-state index in [2.05, 4.69) is 15.3 Å². The van der Waals surface area contributed by atoms with Crippen LogP contribution in [-0.2, 0) is 0 Å². The zero-order valence-corrected chi connectivity index (χ0v) is 11.7. The molecule has 1 aliphatic carbocycles. The van der Waals surface area contributed by atoms with Crippen molar-refractivity contribution in [3.63, 3.8) is 0 Å². The summed E-state index contributed by atoms with van der Waals surface area (Å²) in [5.41, 5.74) is -0.0751. The first-order chi connectivity index (χ1) is 10.1. The van der Waals surface area contributed by atoms with Gasteiger partial charge in [-0.1, -0.05) is 12.8 Å². The molecule has 1 aliphatic rings. The lowest BCUT2D eigenvalue weighted by Gasteiger charge is -2.28. The molecule has 0 radical (unpaired) electrons. The highest BCUT2D eigenvalue weighted by atomic mass is 16.3. The van der Waals surface area contributed by atoms with E-state index in [4.69, 9.17) is 4.42 Å². The Labute approximate surface area is 120 Å². The summed E-state index contributed by atoms with van der Waals surface area (Å²) >= 11 is 0. The number of aryl methyl sites for hydroxylation is 1. The van der Waals surface area contributed by atoms with Crippen molar-refractivity contribution in [2.75, 3.05) is 0 Å². The molecule has 7 nitrogen and oxygen atoms in total. The van der Waals surface area contributed by atoms with Crippen LogP contribution in [0.15, 0.2) is 15.5 Å². The van der Waals surface area contributed by atoms with Gasteiger partial charge in [-0.15, -0.1) is 0 Å². The van der Waals surface area contributed by atoms with E-state index in [9.17, 15) is 14.7 Å². The number of nitrogens with zero attached hydrogens (tertiary/aromatic N) is 1. The first-order valence-electron chi connectivity index (χ1n) is 7.03. The molecule has 3 rings (SSSR count). The van der Waals surface area contributed by atoms with Crippen LogP contribution < -0.4 is 10.9 Å². The maximum absolute atomic E-state index is 12.4. The Bertz CT molecular complexity index is 733. The first-order valence-corrected chi connectivity index (χ1v) is 7.03. The maximum atomic E-state index is 12.4. The van der Waals surface area contributed by atoms with Gasteiger partial charge in [-0.2, -0.15) is 0 Å². The third kappa shape index (κ3) is 2.44. The molecule has 2 aromatic heterocycles. The molecular formula is C14H17N3O4. The Kier molecular flexibility index (Phi) is 3.50. The minimum Gasteiger partial charge on any atom is -0.442 e. The van der Waals surface area contributed by atoms with E-state index in [1.54, 1.807) is 6.92 Å². The second-order valence-electron chi connectivity index (χ2n) is 5.38. The topological polar surface area (TPSA) is 108 Å². The van der Waals surface area contributed by atoms with Gasteiger partial charge in [0.25, 0.3) is 11.5 Å². The number of hydrogen-bond acceptors (Lipinski definition) is 5. The summed E-state index contributed by atoms with van der Waals surface area (Å²) < 4.78 is 5.36. The van der Waals surface area contributed by atoms with Gasteiger partial charge in [-0.3, -0.25) is 9.59 Å². The maximum Gasteiger partial charge on any atom is 0.262 e. The van der Waals surface area contributed by atoms with Crippen molar-refractivity contribution in [2.24, 2.45) is 0 Å². The summed E-state index contributed by atoms with van der Waals surface area (Å²) in [7, 11) is 0. The minimum absolute atomic E-state index is 0.144. The van der Waals surface area contributed by atoms with E-state index in [0.29, 0.717) is 12.2 Å². The number of hydrogen-bond donors (Lipinski definition) is 3. The minimum atomic E-state index is -0.544. The molecule has 0 spiro atoms. The van der Waals surface area contributed by atoms with Crippen LogP contribution in [-0.4, -0.2) is 33.1 Å². The van der Waals surface area contributed by atoms with Crippen molar-refractivity contribution in [3.05, 3.63) is 28.0 Å². The van der Waals surface area contributed by atoms with Crippen molar-refractivity contribution in [1.82, 2.24) is 15.3 Å². The zero-order chi connectivity index (χ0) is 15.0. The average molecular weight is 291 g/mol. The monoisotopic (exact) mass is 291 g/mol. The van der Waals surface area contributed by atoms with Crippen molar-refractivity contribution in [3.8, 4) is 0 Å². The summed E-state index contributed by atoms with van der Waals surface area (Å²) in [6.45, 7) is 1.62. The molecule has 21 heavy (non-hydrogen) atoms. The number of carbonyl (C=O) groups is 1. The second kappa shape index (κ2) is 5.33. The summed E-state index contributed by atoms with van der Waals surface area (Å²) in [5, 5.41) is 12.9. The lowest BCUT2D eigenvalue weighted by Crippen LogP contribution is -2.45. The number of aliphatic hydroxyl groups is 1. The van der Waals surface area contributed by atoms with Crippen LogP contribution in [0, 0.1) is 6.92 Å². The highest BCUT2D eigenvalue weighted by Crippen LogP contribution is 2.22. The number of aromatic amines is 1. The number of amides is 1. The number of furan rings is 1. The van der Waals surface area contributed by atoms with E-state index in [1.807, 2.05) is 0 Å². The second-order valence-corrected chi connectivity index (χ2v) is 5.38. The van der Waals surface area contributed by atoms with Gasteiger partial charge in [0, 0.05) is 0 Å². The molecule has 1 saturated carbocycles. The number of nitrogens with one attached hydrogen (secondary N) is 2. The highest BCUT2D eigenvalue weighted by Gasteiger charge is 2.28. The van der Waals surface area contributed by atoms with Crippen LogP contribution in [0.5, 0.6) is 0 Å². The van der Waals surface area contributed by atoms with Gasteiger partial charge in [-0.05, 0) is 19.8 Å². The number of aliphatic hydroxyl groups excluding tert-OH is 1. The van der Waals surface area contributed by atoms with Gasteiger partial charge >= 0.3 is 0 Å². The van der Waals surface area contributed by atoms with E-state index >= 15 is 0 Å². The van der Waals surface area contributed by atoms with Crippen LogP contribution in [0.2, 0.25) is 0 Å². The van der Waals surface area contributed by atoms with Gasteiger partial charge in [0.1, 0.15) is 11.1 Å². The SMILES string of the molecule is Cc1oc2nc[nH]c(=O)c2c1C(=O)N[C@@H]1CCCC[C@H]1O. The van der Waals surface area contributed by atoms with Crippen LogP contribution in [0.4, 0.5) is 0 Å². The molecule has 2 aromatic rings. The van der Waals surface area contributed by atoms with Crippen molar-refractivity contribution in [2.45, 2.75) is 44.8 Å². The van der Waals surface area contributed by atoms with Crippen molar-refractivity contribution in [1.29, 1.82) is 0 Å². The molecule has 0 aliphatic heterocycles. The van der Waals surface area contributed by atoms with Gasteiger partial charge in [0.15, 0.2) is 0 Å². The molecule has 1 fully saturated rings. The first kappa shape index (κ1) is 13.8. The van der Waals surface area contributed by atoms with Gasteiger partial charge in [0.05, 0.1) is 24.0 Å². The number of fused-ring (bicyclic) bond motifs is 1. The van der Waals surface area contributed by atoms with E-state index in [0.717, 1.165) is 19.3 Å². The number of H-pyrrole nitrogens is 1. The van der Waals surface area contributed by atoms with E-state index < -0.39 is 17.6 Å². The Balaban J connectivity index is 1.94. The van der Waals surface area contributed by atoms with E-state index in [-0.39, 0.29) is 22.7 Å². The van der Waals surface area contributed by atoms with Gasteiger partial charge in [-0.25, -0.2) is 4.98 Å². The summed E-state index contributed by atoms with van der Waals surface area (Å²) in [6, 6.07) is -0.286. The fraction of sp³-hybridized carbons (Fsp3) is 0.500. The fourth-order valence-corrected chi connectivity index (χ4v) is 2.85. The third-order valence-corrected chi connectivity index (χ3v) is 3.94. The molecule has 0 unspecified atom stereocenters. The molecule has 112 valence electrons. The lowest BCUT2D eigenvalue weighted by molar-refractivity contribution is 0.0717. The zero-order valence-electron chi connectivity index (χ0n) is 11.7. The summed E-state index contributed by atoms with van der Waals surface area (Å²) in [5.74, 6) is -0.0623. The standard InChI is InChI=1S/C14H17N3O4/c1-7-10(11-12(19)15-6-16-14(11)21-7)13(20)17-8-4-2-3-5-9(8)18/h6,8-9,18H,2-5H2,1H3,(H,17,20)(H,15,16,19)/t8-,9-/m1/s1. The van der Waals surface area contributed by atoms with Crippen LogP contribution in [0.3, 0.4) is 0 Å². The summed E-state index contributed by atoms with van der Waals surface area (Å²) in [6.07, 6.45) is 4.03. The number of aromatic nitrogens is 2. The van der Waals surface area contributed by atoms with Crippen molar-refractivity contribution < 1.29 is 14.3 Å². The molecule has 2 atom stereocenters. The van der Waals surface area contributed by atoms with Gasteiger partial charge in [0.2, 0.25) is 5.71 Å². The molecular weight excluding hydrogens is 274 g/mol. The average Bonchev–Trinajstić information content (AvgIpc) is 2.79. The Morgan fingerprint density at radius 2 is 2.24 bits per heavy atom. The largest absolute Gasteiger partial charge is 0.442 e. The smallest absolute Gasteiger partial charge is 0.262 e. The Hall–Kier alpha value is -2.15. The molecule has 0 bridgehead atoms. The predicted octanol–water partition coefficient (Wildman–Crippen LogP) is 0.858. The van der Waals surface area contributed by atoms with Crippen LogP contribution >= 0.6 is 0 Å². The highest BCUT2D eigenvalue weighted by molar-refractivity contribution is 6.06. The quantitative estimate of drug-likeness (QED) is 0.760. The molecule has 7 heteroatoms. The molecule has 0 saturated heterocycles. The number of rotatable bonds is 2. The normalized spacial score (nSPS) is 22.4. The molecule has 3 N–H and O–H groups in total. The Morgan fingerprint density at radius 3 is 3.00 bits per heavy atom. The number of carbonyl (C=O) groups excluding carboxylic acids is 1. The molecule has 0 aromatic carbocycles. The predicted molar refractivity (Wildman–Crippen MR) is 75.1 cm³/mol. The molecule has 1 amide bonds. The fourth-order valence-electron chi connectivity index (χ4n) is 2.85. The third-order valence-electron chi connectivity index (χ3n) is 3.94. The van der Waals surface area contributed by atoms with Crippen molar-refractivity contribution >= 4 is 17.0 Å². The Morgan fingerprint density at radius 1 is 1.48 bits per heavy atom. The van der Waals surface area contributed by atoms with Crippen LogP contribution in [0.25, 0.3) is 11.1 Å². The lowest BCUT2D eigenvalue weighted by atomic mass is 9.92. The van der Waals surface area contributed by atoms with Gasteiger partial charge < -0.3 is 19.8 Å². The van der Waals surface area contributed by atoms with Crippen LogP contribution in [0.1, 0.15) is 41.8 Å². The van der Waals surface area contributed by atoms with E-state index in [1.165, 1.54) is 6.33 Å².